The minimum atomic E-state index is -1.29. The number of hydrogen-bond donors (Lipinski definition) is 1. The van der Waals surface area contributed by atoms with Crippen LogP contribution in [0.1, 0.15) is 43.6 Å². The maximum absolute atomic E-state index is 14.7. The zero-order valence-electron chi connectivity index (χ0n) is 21.5. The van der Waals surface area contributed by atoms with Crippen molar-refractivity contribution in [2.45, 2.75) is 31.3 Å². The van der Waals surface area contributed by atoms with E-state index in [0.717, 1.165) is 28.0 Å². The lowest BCUT2D eigenvalue weighted by atomic mass is 9.64. The van der Waals surface area contributed by atoms with Gasteiger partial charge in [-0.1, -0.05) is 78.4 Å². The van der Waals surface area contributed by atoms with Gasteiger partial charge in [0, 0.05) is 22.5 Å². The van der Waals surface area contributed by atoms with Crippen LogP contribution in [0.15, 0.2) is 96.4 Å². The number of amides is 1. The summed E-state index contributed by atoms with van der Waals surface area (Å²) in [6.45, 7) is 4.01. The van der Waals surface area contributed by atoms with Gasteiger partial charge in [0.1, 0.15) is 11.5 Å². The molecule has 0 bridgehead atoms. The van der Waals surface area contributed by atoms with E-state index in [9.17, 15) is 14.4 Å². The highest BCUT2D eigenvalue weighted by molar-refractivity contribution is 7.12. The van der Waals surface area contributed by atoms with Crippen LogP contribution in [0.3, 0.4) is 0 Å². The monoisotopic (exact) mass is 530 g/mol. The first kappa shape index (κ1) is 23.8. The lowest BCUT2D eigenvalue weighted by molar-refractivity contribution is -0.121. The molecule has 1 saturated heterocycles. The number of hydrogen-bond acceptors (Lipinski definition) is 5. The summed E-state index contributed by atoms with van der Waals surface area (Å²) in [5.74, 6) is -1.53. The topological polar surface area (TPSA) is 66.5 Å². The number of rotatable bonds is 4. The van der Waals surface area contributed by atoms with Crippen LogP contribution in [-0.2, 0) is 10.2 Å². The first-order valence-electron chi connectivity index (χ1n) is 13.1. The number of thiophene rings is 1. The molecular weight excluding hydrogens is 504 g/mol. The van der Waals surface area contributed by atoms with Crippen molar-refractivity contribution in [3.8, 4) is 0 Å². The summed E-state index contributed by atoms with van der Waals surface area (Å²) in [6, 6.07) is 25.2. The number of ketones is 2. The third-order valence-corrected chi connectivity index (χ3v) is 9.42. The summed E-state index contributed by atoms with van der Waals surface area (Å²) in [5.41, 5.74) is 4.60. The fourth-order valence-corrected chi connectivity index (χ4v) is 7.55. The molecular formula is C33H26N2O3S. The van der Waals surface area contributed by atoms with Crippen molar-refractivity contribution in [1.29, 1.82) is 0 Å². The van der Waals surface area contributed by atoms with Gasteiger partial charge in [0.2, 0.25) is 5.91 Å². The molecule has 1 N–H and O–H groups in total. The second-order valence-electron chi connectivity index (χ2n) is 10.6. The van der Waals surface area contributed by atoms with E-state index in [1.165, 1.54) is 11.3 Å². The van der Waals surface area contributed by atoms with E-state index in [1.807, 2.05) is 98.1 Å². The number of benzene rings is 3. The maximum Gasteiger partial charge on any atom is 0.238 e. The Morgan fingerprint density at radius 3 is 2.38 bits per heavy atom. The Bertz CT molecular complexity index is 1690. The van der Waals surface area contributed by atoms with Crippen molar-refractivity contribution in [3.05, 3.63) is 124 Å². The average Bonchev–Trinajstić information content (AvgIpc) is 3.66. The second-order valence-corrected chi connectivity index (χ2v) is 11.5. The van der Waals surface area contributed by atoms with Crippen molar-refractivity contribution in [3.63, 3.8) is 0 Å². The highest BCUT2D eigenvalue weighted by Crippen LogP contribution is 2.58. The van der Waals surface area contributed by atoms with E-state index in [4.69, 9.17) is 0 Å². The van der Waals surface area contributed by atoms with Crippen LogP contribution in [-0.4, -0.2) is 29.6 Å². The second kappa shape index (κ2) is 8.61. The first-order chi connectivity index (χ1) is 18.9. The summed E-state index contributed by atoms with van der Waals surface area (Å²) < 4.78 is 0. The molecule has 0 saturated carbocycles. The average molecular weight is 531 g/mol. The molecule has 1 spiro atoms. The SMILES string of the molecule is CC1=C[C@H]2N(c3ccccc31)[C@@H](C(=O)c1cccs1)[C@H](C(=O)c1ccc(C)cc1)[C@@]21C(=O)Nc2ccccc21. The first-order valence-corrected chi connectivity index (χ1v) is 14.0. The third-order valence-electron chi connectivity index (χ3n) is 8.53. The van der Waals surface area contributed by atoms with Gasteiger partial charge >= 0.3 is 0 Å². The predicted octanol–water partition coefficient (Wildman–Crippen LogP) is 6.30. The maximum atomic E-state index is 14.7. The molecule has 1 fully saturated rings. The molecule has 39 heavy (non-hydrogen) atoms. The van der Waals surface area contributed by atoms with E-state index in [0.29, 0.717) is 16.1 Å². The molecule has 4 heterocycles. The summed E-state index contributed by atoms with van der Waals surface area (Å²) in [5, 5.41) is 4.96. The molecule has 6 heteroatoms. The van der Waals surface area contributed by atoms with Gasteiger partial charge in [0.15, 0.2) is 11.6 Å². The minimum Gasteiger partial charge on any atom is -0.352 e. The number of allylic oxidation sites excluding steroid dienone is 1. The van der Waals surface area contributed by atoms with Crippen LogP contribution >= 0.6 is 11.3 Å². The third kappa shape index (κ3) is 3.21. The molecule has 4 aromatic rings. The molecule has 1 amide bonds. The Kier molecular flexibility index (Phi) is 5.26. The quantitative estimate of drug-likeness (QED) is 0.314. The summed E-state index contributed by atoms with van der Waals surface area (Å²) in [6.07, 6.45) is 2.08. The van der Waals surface area contributed by atoms with Crippen LogP contribution < -0.4 is 10.2 Å². The molecule has 3 aromatic carbocycles. The Labute approximate surface area is 230 Å². The van der Waals surface area contributed by atoms with Crippen LogP contribution in [0.25, 0.3) is 5.57 Å². The predicted molar refractivity (Wildman–Crippen MR) is 155 cm³/mol. The molecule has 3 aliphatic heterocycles. The zero-order chi connectivity index (χ0) is 26.9. The van der Waals surface area contributed by atoms with Gasteiger partial charge < -0.3 is 10.2 Å². The molecule has 4 atom stereocenters. The number of para-hydroxylation sites is 2. The summed E-state index contributed by atoms with van der Waals surface area (Å²) >= 11 is 1.36. The van der Waals surface area contributed by atoms with E-state index >= 15 is 0 Å². The highest BCUT2D eigenvalue weighted by atomic mass is 32.1. The van der Waals surface area contributed by atoms with Crippen molar-refractivity contribution in [2.75, 3.05) is 10.2 Å². The Balaban J connectivity index is 1.56. The Morgan fingerprint density at radius 1 is 0.872 bits per heavy atom. The Hall–Kier alpha value is -4.29. The molecule has 5 nitrogen and oxygen atoms in total. The number of nitrogens with zero attached hydrogens (tertiary/aromatic N) is 1. The molecule has 7 rings (SSSR count). The van der Waals surface area contributed by atoms with Gasteiger partial charge in [-0.25, -0.2) is 0 Å². The van der Waals surface area contributed by atoms with Crippen molar-refractivity contribution < 1.29 is 14.4 Å². The zero-order valence-corrected chi connectivity index (χ0v) is 22.4. The molecule has 1 aromatic heterocycles. The lowest BCUT2D eigenvalue weighted by Crippen LogP contribution is -2.51. The molecule has 0 unspecified atom stereocenters. The molecule has 0 aliphatic carbocycles. The van der Waals surface area contributed by atoms with Crippen molar-refractivity contribution in [1.82, 2.24) is 0 Å². The van der Waals surface area contributed by atoms with E-state index in [1.54, 1.807) is 6.07 Å². The number of carbonyl (C=O) groups is 3. The summed E-state index contributed by atoms with van der Waals surface area (Å²) in [4.78, 5) is 46.2. The normalized spacial score (nSPS) is 24.6. The fraction of sp³-hybridized carbons (Fsp3) is 0.182. The molecule has 192 valence electrons. The van der Waals surface area contributed by atoms with Gasteiger partial charge in [-0.05, 0) is 48.6 Å². The van der Waals surface area contributed by atoms with Crippen LogP contribution in [0.5, 0.6) is 0 Å². The van der Waals surface area contributed by atoms with E-state index in [-0.39, 0.29) is 17.5 Å². The number of Topliss-reactive ketones (excluding diaryl/α,β-unsaturated/α-hetero) is 2. The van der Waals surface area contributed by atoms with E-state index in [2.05, 4.69) is 16.3 Å². The van der Waals surface area contributed by atoms with Gasteiger partial charge in [0.25, 0.3) is 0 Å². The summed E-state index contributed by atoms with van der Waals surface area (Å²) in [7, 11) is 0. The van der Waals surface area contributed by atoms with Gasteiger partial charge in [0.05, 0.1) is 16.8 Å². The number of nitrogens with one attached hydrogen (secondary N) is 1. The Morgan fingerprint density at radius 2 is 1.62 bits per heavy atom. The number of carbonyl (C=O) groups excluding carboxylic acids is 3. The van der Waals surface area contributed by atoms with Crippen LogP contribution in [0, 0.1) is 12.8 Å². The smallest absolute Gasteiger partial charge is 0.238 e. The van der Waals surface area contributed by atoms with Gasteiger partial charge in [-0.2, -0.15) is 0 Å². The fourth-order valence-electron chi connectivity index (χ4n) is 6.85. The van der Waals surface area contributed by atoms with Crippen molar-refractivity contribution >= 4 is 45.8 Å². The minimum absolute atomic E-state index is 0.141. The number of aryl methyl sites for hydroxylation is 1. The lowest BCUT2D eigenvalue weighted by Gasteiger charge is -2.39. The van der Waals surface area contributed by atoms with Crippen LogP contribution in [0.4, 0.5) is 11.4 Å². The molecule has 0 radical (unpaired) electrons. The van der Waals surface area contributed by atoms with Crippen molar-refractivity contribution in [2.24, 2.45) is 5.92 Å². The van der Waals surface area contributed by atoms with Gasteiger partial charge in [-0.3, -0.25) is 14.4 Å². The number of anilines is 2. The largest absolute Gasteiger partial charge is 0.352 e. The molecule has 3 aliphatic rings. The number of fused-ring (bicyclic) bond motifs is 6. The van der Waals surface area contributed by atoms with E-state index < -0.39 is 23.4 Å². The van der Waals surface area contributed by atoms with Gasteiger partial charge in [-0.15, -0.1) is 11.3 Å². The van der Waals surface area contributed by atoms with Crippen LogP contribution in [0.2, 0.25) is 0 Å². The highest BCUT2D eigenvalue weighted by Gasteiger charge is 2.70. The standard InChI is InChI=1S/C33H26N2O3S/c1-19-13-15-21(16-14-19)30(36)28-29(31(37)26-12-7-17-39-26)35-25-11-6-3-8-22(25)20(2)18-27(35)33(28)23-9-4-5-10-24(23)34-32(33)38/h3-18,27-29H,1-2H3,(H,34,38)/t27-,28-,29-,33+/m1/s1.